The van der Waals surface area contributed by atoms with Crippen molar-refractivity contribution in [3.8, 4) is 11.8 Å². The quantitative estimate of drug-likeness (QED) is 0.534. The number of ketones is 1. The van der Waals surface area contributed by atoms with Gasteiger partial charge < -0.3 is 14.2 Å². The lowest BCUT2D eigenvalue weighted by molar-refractivity contribution is -0.118. The van der Waals surface area contributed by atoms with Gasteiger partial charge in [-0.15, -0.1) is 5.92 Å². The molecule has 5 heteroatoms. The summed E-state index contributed by atoms with van der Waals surface area (Å²) in [5.41, 5.74) is 4.87. The topological polar surface area (TPSA) is 61.8 Å². The van der Waals surface area contributed by atoms with Gasteiger partial charge in [0.1, 0.15) is 5.76 Å². The molecule has 2 saturated heterocycles. The second kappa shape index (κ2) is 8.28. The number of rotatable bonds is 5. The van der Waals surface area contributed by atoms with Crippen LogP contribution < -0.4 is 0 Å². The van der Waals surface area contributed by atoms with Crippen molar-refractivity contribution in [2.75, 3.05) is 6.61 Å². The molecule has 0 amide bonds. The molecular formula is C25H28O5. The van der Waals surface area contributed by atoms with E-state index in [1.807, 2.05) is 0 Å². The highest BCUT2D eigenvalue weighted by Gasteiger charge is 2.60. The van der Waals surface area contributed by atoms with Gasteiger partial charge >= 0.3 is 6.16 Å². The van der Waals surface area contributed by atoms with Gasteiger partial charge in [0, 0.05) is 0 Å². The van der Waals surface area contributed by atoms with Crippen molar-refractivity contribution >= 4 is 17.5 Å². The summed E-state index contributed by atoms with van der Waals surface area (Å²) in [5, 5.41) is 0. The van der Waals surface area contributed by atoms with Crippen molar-refractivity contribution < 1.29 is 23.8 Å². The molecule has 30 heavy (non-hydrogen) atoms. The Morgan fingerprint density at radius 2 is 1.77 bits per heavy atom. The second-order valence-electron chi connectivity index (χ2n) is 8.18. The largest absolute Gasteiger partial charge is 0.514 e. The Labute approximate surface area is 177 Å². The van der Waals surface area contributed by atoms with Crippen molar-refractivity contribution in [3.63, 3.8) is 0 Å². The molecule has 0 radical (unpaired) electrons. The number of benzene rings is 1. The minimum absolute atomic E-state index is 0.0342. The summed E-state index contributed by atoms with van der Waals surface area (Å²) in [7, 11) is 0. The van der Waals surface area contributed by atoms with E-state index in [2.05, 4.69) is 44.7 Å². The number of ether oxygens (including phenoxy) is 3. The van der Waals surface area contributed by atoms with Crippen LogP contribution in [0.15, 0.2) is 17.9 Å². The minimum atomic E-state index is -0.815. The molecule has 0 saturated carbocycles. The van der Waals surface area contributed by atoms with Crippen molar-refractivity contribution in [2.24, 2.45) is 11.8 Å². The summed E-state index contributed by atoms with van der Waals surface area (Å²) in [6, 6.07) is 4.25. The lowest BCUT2D eigenvalue weighted by atomic mass is 9.80. The fourth-order valence-electron chi connectivity index (χ4n) is 5.27. The van der Waals surface area contributed by atoms with Gasteiger partial charge in [0.2, 0.25) is 0 Å². The summed E-state index contributed by atoms with van der Waals surface area (Å²) < 4.78 is 16.9. The van der Waals surface area contributed by atoms with Crippen LogP contribution >= 0.6 is 0 Å². The molecule has 2 aliphatic heterocycles. The molecule has 1 aliphatic carbocycles. The van der Waals surface area contributed by atoms with Crippen molar-refractivity contribution in [2.45, 2.75) is 65.6 Å². The van der Waals surface area contributed by atoms with E-state index in [4.69, 9.17) is 14.2 Å². The van der Waals surface area contributed by atoms with Gasteiger partial charge in [-0.25, -0.2) is 4.79 Å². The van der Waals surface area contributed by atoms with Crippen LogP contribution in [0.5, 0.6) is 0 Å². The van der Waals surface area contributed by atoms with Crippen LogP contribution in [0.3, 0.4) is 0 Å². The summed E-state index contributed by atoms with van der Waals surface area (Å²) in [4.78, 5) is 26.1. The summed E-state index contributed by atoms with van der Waals surface area (Å²) in [5.74, 6) is 5.36. The highest BCUT2D eigenvalue weighted by molar-refractivity contribution is 6.26. The second-order valence-corrected chi connectivity index (χ2v) is 8.18. The molecule has 2 heterocycles. The van der Waals surface area contributed by atoms with E-state index in [1.165, 1.54) is 5.56 Å². The Balaban J connectivity index is 1.83. The molecule has 0 spiro atoms. The lowest BCUT2D eigenvalue weighted by Crippen LogP contribution is -2.30. The molecule has 1 aromatic rings. The number of carbonyl (C=O) groups is 2. The van der Waals surface area contributed by atoms with Gasteiger partial charge in [-0.2, -0.15) is 0 Å². The Morgan fingerprint density at radius 3 is 2.37 bits per heavy atom. The Hall–Kier alpha value is -2.58. The van der Waals surface area contributed by atoms with Gasteiger partial charge in [0.05, 0.1) is 29.6 Å². The van der Waals surface area contributed by atoms with Gasteiger partial charge in [-0.1, -0.05) is 37.5 Å². The Bertz CT molecular complexity index is 952. The first-order valence-corrected chi connectivity index (χ1v) is 10.8. The zero-order chi connectivity index (χ0) is 21.4. The van der Waals surface area contributed by atoms with Crippen LogP contribution in [0.2, 0.25) is 0 Å². The Morgan fingerprint density at radius 1 is 1.13 bits per heavy atom. The third-order valence-electron chi connectivity index (χ3n) is 6.46. The fraction of sp³-hybridized carbons (Fsp3) is 0.520. The fourth-order valence-corrected chi connectivity index (χ4v) is 5.27. The third kappa shape index (κ3) is 3.33. The van der Waals surface area contributed by atoms with E-state index >= 15 is 0 Å². The molecule has 2 bridgehead atoms. The molecule has 1 aromatic carbocycles. The molecule has 4 atom stereocenters. The molecule has 1 unspecified atom stereocenters. The number of fused-ring (bicyclic) bond motifs is 5. The standard InChI is InChI=1S/C25H28O5/c1-5-8-11-28-25(27)30-24-21-18-10-9-17(29-18)20(21)23(26)22(24)19-15(6-2)12-14(4)13-16(19)7-3/h12-13,17-18,20-21H,6-7,9-11H2,1-4H3/t17-,18?,20-,21+/m0/s1. The van der Waals surface area contributed by atoms with Gasteiger partial charge in [-0.05, 0) is 56.2 Å². The van der Waals surface area contributed by atoms with Crippen LogP contribution in [0.4, 0.5) is 4.79 Å². The number of hydrogen-bond acceptors (Lipinski definition) is 5. The monoisotopic (exact) mass is 408 g/mol. The van der Waals surface area contributed by atoms with Crippen LogP contribution in [0.25, 0.3) is 5.57 Å². The van der Waals surface area contributed by atoms with E-state index in [0.717, 1.165) is 42.4 Å². The van der Waals surface area contributed by atoms with E-state index < -0.39 is 6.16 Å². The van der Waals surface area contributed by atoms with Crippen molar-refractivity contribution in [1.29, 1.82) is 0 Å². The first-order valence-electron chi connectivity index (χ1n) is 10.8. The summed E-state index contributed by atoms with van der Waals surface area (Å²) in [6.07, 6.45) is 2.36. The van der Waals surface area contributed by atoms with E-state index in [0.29, 0.717) is 11.3 Å². The van der Waals surface area contributed by atoms with Crippen molar-refractivity contribution in [1.82, 2.24) is 0 Å². The molecular weight excluding hydrogens is 380 g/mol. The van der Waals surface area contributed by atoms with E-state index in [-0.39, 0.29) is 36.4 Å². The number of hydrogen-bond donors (Lipinski definition) is 0. The molecule has 4 rings (SSSR count). The van der Waals surface area contributed by atoms with Gasteiger partial charge in [-0.3, -0.25) is 4.79 Å². The summed E-state index contributed by atoms with van der Waals surface area (Å²) >= 11 is 0. The van der Waals surface area contributed by atoms with Crippen LogP contribution in [0, 0.1) is 30.6 Å². The Kier molecular flexibility index (Phi) is 5.71. The molecule has 158 valence electrons. The number of Topliss-reactive ketones (excluding diaryl/α,β-unsaturated/α-hetero) is 1. The normalized spacial score (nSPS) is 26.5. The maximum atomic E-state index is 13.7. The summed E-state index contributed by atoms with van der Waals surface area (Å²) in [6.45, 7) is 7.89. The van der Waals surface area contributed by atoms with Crippen LogP contribution in [-0.4, -0.2) is 30.8 Å². The SMILES string of the molecule is CC#CCOC(=O)OC1=C(c2c(CC)cc(C)cc2CC)C(=O)[C@H]2[C@@H]3CCC(O3)[C@@H]12. The maximum absolute atomic E-state index is 13.7. The van der Waals surface area contributed by atoms with E-state index in [9.17, 15) is 9.59 Å². The van der Waals surface area contributed by atoms with Crippen LogP contribution in [-0.2, 0) is 31.8 Å². The highest BCUT2D eigenvalue weighted by Crippen LogP contribution is 2.55. The molecule has 3 aliphatic rings. The number of aryl methyl sites for hydroxylation is 3. The lowest BCUT2D eigenvalue weighted by Gasteiger charge is -2.21. The average molecular weight is 408 g/mol. The van der Waals surface area contributed by atoms with Crippen molar-refractivity contribution in [3.05, 3.63) is 40.1 Å². The average Bonchev–Trinajstić information content (AvgIpc) is 3.41. The molecule has 0 N–H and O–H groups in total. The molecule has 0 aromatic heterocycles. The third-order valence-corrected chi connectivity index (χ3v) is 6.46. The number of carbonyl (C=O) groups excluding carboxylic acids is 2. The van der Waals surface area contributed by atoms with Gasteiger partial charge in [0.15, 0.2) is 12.4 Å². The van der Waals surface area contributed by atoms with E-state index in [1.54, 1.807) is 6.92 Å². The minimum Gasteiger partial charge on any atom is -0.421 e. The maximum Gasteiger partial charge on any atom is 0.514 e. The first-order chi connectivity index (χ1) is 14.5. The number of allylic oxidation sites excluding steroid dienone is 1. The zero-order valence-corrected chi connectivity index (χ0v) is 18.0. The molecule has 5 nitrogen and oxygen atoms in total. The smallest absolute Gasteiger partial charge is 0.421 e. The predicted molar refractivity (Wildman–Crippen MR) is 113 cm³/mol. The molecule has 2 fully saturated rings. The zero-order valence-electron chi connectivity index (χ0n) is 18.0. The van der Waals surface area contributed by atoms with Crippen LogP contribution in [0.1, 0.15) is 55.9 Å². The predicted octanol–water partition coefficient (Wildman–Crippen LogP) is 4.38. The first kappa shape index (κ1) is 20.7. The highest BCUT2D eigenvalue weighted by atomic mass is 16.7. The van der Waals surface area contributed by atoms with Gasteiger partial charge in [0.25, 0.3) is 0 Å².